The highest BCUT2D eigenvalue weighted by Crippen LogP contribution is 2.35. The molecule has 1 fully saturated rings. The number of nitrogens with two attached hydrogens (primary N) is 1. The van der Waals surface area contributed by atoms with Gasteiger partial charge in [-0.3, -0.25) is 4.79 Å². The summed E-state index contributed by atoms with van der Waals surface area (Å²) in [5, 5.41) is 1.01. The number of nitrogens with zero attached hydrogens (tertiary/aromatic N) is 1. The maximum atomic E-state index is 11.9. The molecule has 0 saturated carbocycles. The number of halogens is 2. The summed E-state index contributed by atoms with van der Waals surface area (Å²) in [5.41, 5.74) is 7.03. The van der Waals surface area contributed by atoms with Gasteiger partial charge in [0.05, 0.1) is 16.1 Å². The van der Waals surface area contributed by atoms with Gasteiger partial charge in [-0.05, 0) is 24.1 Å². The predicted octanol–water partition coefficient (Wildman–Crippen LogP) is 3.00. The molecule has 0 aliphatic carbocycles. The Kier molecular flexibility index (Phi) is 4.15. The fourth-order valence-electron chi connectivity index (χ4n) is 2.44. The van der Waals surface area contributed by atoms with Crippen molar-refractivity contribution in [2.24, 2.45) is 5.73 Å². The molecule has 3 nitrogen and oxygen atoms in total. The van der Waals surface area contributed by atoms with Crippen LogP contribution in [0.25, 0.3) is 0 Å². The van der Waals surface area contributed by atoms with Crippen molar-refractivity contribution >= 4 is 29.1 Å². The van der Waals surface area contributed by atoms with E-state index in [0.29, 0.717) is 16.5 Å². The van der Waals surface area contributed by atoms with E-state index < -0.39 is 0 Å². The number of carbonyl (C=O) groups excluding carboxylic acids is 1. The molecule has 0 aromatic heterocycles. The summed E-state index contributed by atoms with van der Waals surface area (Å²) in [6.07, 6.45) is 1.31. The summed E-state index contributed by atoms with van der Waals surface area (Å²) in [6, 6.07) is 5.17. The van der Waals surface area contributed by atoms with E-state index in [2.05, 4.69) is 0 Å². The highest BCUT2D eigenvalue weighted by molar-refractivity contribution is 6.42. The molecular weight excluding hydrogens is 271 g/mol. The lowest BCUT2D eigenvalue weighted by Crippen LogP contribution is -2.33. The van der Waals surface area contributed by atoms with Crippen molar-refractivity contribution in [1.82, 2.24) is 4.90 Å². The fraction of sp³-hybridized carbons (Fsp3) is 0.462. The van der Waals surface area contributed by atoms with Gasteiger partial charge in [0.15, 0.2) is 0 Å². The molecule has 18 heavy (non-hydrogen) atoms. The maximum absolute atomic E-state index is 11.9. The molecule has 1 amide bonds. The zero-order chi connectivity index (χ0) is 13.3. The van der Waals surface area contributed by atoms with E-state index in [9.17, 15) is 4.79 Å². The van der Waals surface area contributed by atoms with Gasteiger partial charge in [0.1, 0.15) is 0 Å². The normalized spacial score (nSPS) is 23.8. The summed E-state index contributed by atoms with van der Waals surface area (Å²) in [6.45, 7) is 2.76. The van der Waals surface area contributed by atoms with Gasteiger partial charge in [-0.1, -0.05) is 36.2 Å². The lowest BCUT2D eigenvalue weighted by Gasteiger charge is -2.27. The molecule has 0 radical (unpaired) electrons. The van der Waals surface area contributed by atoms with Crippen LogP contribution >= 0.6 is 23.2 Å². The first-order valence-electron chi connectivity index (χ1n) is 6.04. The molecule has 0 spiro atoms. The number of carbonyl (C=O) groups is 1. The van der Waals surface area contributed by atoms with Gasteiger partial charge in [0.2, 0.25) is 5.91 Å². The van der Waals surface area contributed by atoms with Crippen molar-refractivity contribution in [2.45, 2.75) is 31.8 Å². The fourth-order valence-corrected chi connectivity index (χ4v) is 2.75. The van der Waals surface area contributed by atoms with Crippen LogP contribution in [0.2, 0.25) is 10.0 Å². The predicted molar refractivity (Wildman–Crippen MR) is 73.8 cm³/mol. The molecule has 2 atom stereocenters. The number of hydrogen-bond acceptors (Lipinski definition) is 2. The minimum atomic E-state index is -0.179. The van der Waals surface area contributed by atoms with E-state index in [4.69, 9.17) is 28.9 Å². The van der Waals surface area contributed by atoms with E-state index in [0.717, 1.165) is 18.5 Å². The number of likely N-dealkylation sites (tertiary alicyclic amines) is 1. The van der Waals surface area contributed by atoms with Crippen molar-refractivity contribution in [3.05, 3.63) is 33.8 Å². The van der Waals surface area contributed by atoms with Crippen LogP contribution in [0.5, 0.6) is 0 Å². The molecule has 1 aliphatic heterocycles. The van der Waals surface area contributed by atoms with Crippen molar-refractivity contribution in [2.75, 3.05) is 6.54 Å². The highest BCUT2D eigenvalue weighted by atomic mass is 35.5. The van der Waals surface area contributed by atoms with Crippen LogP contribution in [0.15, 0.2) is 18.2 Å². The van der Waals surface area contributed by atoms with E-state index in [1.165, 1.54) is 0 Å². The molecule has 5 heteroatoms. The SMILES string of the molecule is CCCN1C(=O)CC(N)C1c1ccc(Cl)c(Cl)c1. The maximum Gasteiger partial charge on any atom is 0.224 e. The minimum Gasteiger partial charge on any atom is -0.334 e. The van der Waals surface area contributed by atoms with Gasteiger partial charge in [0.25, 0.3) is 0 Å². The van der Waals surface area contributed by atoms with E-state index in [1.54, 1.807) is 12.1 Å². The van der Waals surface area contributed by atoms with Crippen LogP contribution in [-0.4, -0.2) is 23.4 Å². The van der Waals surface area contributed by atoms with Crippen molar-refractivity contribution in [3.63, 3.8) is 0 Å². The van der Waals surface area contributed by atoms with E-state index >= 15 is 0 Å². The Bertz CT molecular complexity index is 464. The summed E-state index contributed by atoms with van der Waals surface area (Å²) >= 11 is 11.9. The molecule has 1 saturated heterocycles. The molecule has 98 valence electrons. The first-order chi connectivity index (χ1) is 8.54. The van der Waals surface area contributed by atoms with Gasteiger partial charge >= 0.3 is 0 Å². The van der Waals surface area contributed by atoms with E-state index in [1.807, 2.05) is 17.9 Å². The zero-order valence-electron chi connectivity index (χ0n) is 10.2. The second kappa shape index (κ2) is 5.47. The summed E-state index contributed by atoms with van der Waals surface area (Å²) in [4.78, 5) is 13.7. The van der Waals surface area contributed by atoms with Crippen LogP contribution in [-0.2, 0) is 4.79 Å². The smallest absolute Gasteiger partial charge is 0.224 e. The van der Waals surface area contributed by atoms with Gasteiger partial charge in [-0.15, -0.1) is 0 Å². The molecule has 1 aromatic rings. The van der Waals surface area contributed by atoms with Gasteiger partial charge in [-0.25, -0.2) is 0 Å². The van der Waals surface area contributed by atoms with Crippen LogP contribution in [0.1, 0.15) is 31.4 Å². The first kappa shape index (κ1) is 13.7. The van der Waals surface area contributed by atoms with Crippen LogP contribution < -0.4 is 5.73 Å². The van der Waals surface area contributed by atoms with Gasteiger partial charge in [-0.2, -0.15) is 0 Å². The Hall–Kier alpha value is -0.770. The second-order valence-corrected chi connectivity index (χ2v) is 5.39. The van der Waals surface area contributed by atoms with Crippen molar-refractivity contribution < 1.29 is 4.79 Å². The average Bonchev–Trinajstić information content (AvgIpc) is 2.59. The number of benzene rings is 1. The van der Waals surface area contributed by atoms with Crippen LogP contribution in [0.3, 0.4) is 0 Å². The Labute approximate surface area is 117 Å². The van der Waals surface area contributed by atoms with Gasteiger partial charge in [0, 0.05) is 19.0 Å². The van der Waals surface area contributed by atoms with Gasteiger partial charge < -0.3 is 10.6 Å². The second-order valence-electron chi connectivity index (χ2n) is 4.57. The quantitative estimate of drug-likeness (QED) is 0.929. The molecule has 1 aliphatic rings. The molecule has 1 heterocycles. The Morgan fingerprint density at radius 1 is 1.39 bits per heavy atom. The topological polar surface area (TPSA) is 46.3 Å². The number of amides is 1. The monoisotopic (exact) mass is 286 g/mol. The highest BCUT2D eigenvalue weighted by Gasteiger charge is 2.38. The largest absolute Gasteiger partial charge is 0.334 e. The number of hydrogen-bond donors (Lipinski definition) is 1. The zero-order valence-corrected chi connectivity index (χ0v) is 11.7. The van der Waals surface area contributed by atoms with Crippen LogP contribution in [0, 0.1) is 0 Å². The number of rotatable bonds is 3. The van der Waals surface area contributed by atoms with E-state index in [-0.39, 0.29) is 18.0 Å². The Balaban J connectivity index is 2.34. The minimum absolute atomic E-state index is 0.0905. The molecule has 0 bridgehead atoms. The molecule has 2 N–H and O–H groups in total. The molecular formula is C13H16Cl2N2O. The third kappa shape index (κ3) is 2.48. The Morgan fingerprint density at radius 3 is 2.72 bits per heavy atom. The first-order valence-corrected chi connectivity index (χ1v) is 6.80. The summed E-state index contributed by atoms with van der Waals surface area (Å²) in [5.74, 6) is 0.112. The third-order valence-electron chi connectivity index (χ3n) is 3.22. The standard InChI is InChI=1S/C13H16Cl2N2O/c1-2-5-17-12(18)7-11(16)13(17)8-3-4-9(14)10(15)6-8/h3-4,6,11,13H,2,5,7,16H2,1H3. The lowest BCUT2D eigenvalue weighted by molar-refractivity contribution is -0.129. The van der Waals surface area contributed by atoms with Crippen LogP contribution in [0.4, 0.5) is 0 Å². The lowest BCUT2D eigenvalue weighted by atomic mass is 10.0. The average molecular weight is 287 g/mol. The summed E-state index contributed by atoms with van der Waals surface area (Å²) in [7, 11) is 0. The summed E-state index contributed by atoms with van der Waals surface area (Å²) < 4.78 is 0. The molecule has 2 rings (SSSR count). The third-order valence-corrected chi connectivity index (χ3v) is 3.96. The van der Waals surface area contributed by atoms with Crippen molar-refractivity contribution in [3.8, 4) is 0 Å². The molecule has 2 unspecified atom stereocenters. The Morgan fingerprint density at radius 2 is 2.11 bits per heavy atom. The molecule has 1 aromatic carbocycles. The van der Waals surface area contributed by atoms with Crippen molar-refractivity contribution in [1.29, 1.82) is 0 Å².